The molecule has 0 unspecified atom stereocenters. The van der Waals surface area contributed by atoms with Gasteiger partial charge >= 0.3 is 5.76 Å². The van der Waals surface area contributed by atoms with Gasteiger partial charge in [0.2, 0.25) is 0 Å². The summed E-state index contributed by atoms with van der Waals surface area (Å²) in [5.41, 5.74) is 9.71. The highest BCUT2D eigenvalue weighted by Crippen LogP contribution is 3.06. The van der Waals surface area contributed by atoms with Crippen molar-refractivity contribution in [2.75, 3.05) is 6.54 Å². The number of carbonyl (C=O) groups excluding carboxylic acids is 2. The minimum absolute atomic E-state index is 0.136. The van der Waals surface area contributed by atoms with Crippen LogP contribution < -0.4 is 22.1 Å². The van der Waals surface area contributed by atoms with Crippen molar-refractivity contribution in [1.82, 2.24) is 29.8 Å². The largest absolute Gasteiger partial charge is 0.419 e. The number of fused-ring (bicyclic) bond motifs is 2. The zero-order chi connectivity index (χ0) is 25.0. The molecule has 186 valence electrons. The first-order chi connectivity index (χ1) is 17.9. The van der Waals surface area contributed by atoms with E-state index in [0.717, 1.165) is 5.56 Å². The van der Waals surface area contributed by atoms with Crippen LogP contribution in [0.2, 0.25) is 0 Å². The van der Waals surface area contributed by atoms with Gasteiger partial charge < -0.3 is 20.8 Å². The average Bonchev–Trinajstić information content (AvgIpc) is 3.50. The first-order valence-electron chi connectivity index (χ1n) is 12.6. The molecule has 3 aromatic heterocycles. The minimum Gasteiger partial charge on any atom is -0.408 e. The Balaban J connectivity index is 0.936. The van der Waals surface area contributed by atoms with Crippen LogP contribution in [-0.2, 0) is 13.6 Å². The smallest absolute Gasteiger partial charge is 0.408 e. The van der Waals surface area contributed by atoms with E-state index in [9.17, 15) is 14.4 Å². The summed E-state index contributed by atoms with van der Waals surface area (Å²) in [6.45, 7) is 0.887. The van der Waals surface area contributed by atoms with Crippen molar-refractivity contribution in [1.29, 1.82) is 0 Å². The average molecular weight is 498 g/mol. The van der Waals surface area contributed by atoms with E-state index >= 15 is 0 Å². The normalized spacial score (nSPS) is 36.6. The number of amides is 2. The summed E-state index contributed by atoms with van der Waals surface area (Å²) in [4.78, 5) is 42.4. The molecule has 0 atom stereocenters. The van der Waals surface area contributed by atoms with Gasteiger partial charge in [-0.1, -0.05) is 6.07 Å². The maximum atomic E-state index is 13.3. The number of nitrogens with zero attached hydrogens (tertiary/aromatic N) is 4. The number of aryl methyl sites for hydroxylation is 1. The third-order valence-electron chi connectivity index (χ3n) is 10.6. The molecule has 2 amide bonds. The number of nitrogens with one attached hydrogen (secondary N) is 2. The molecule has 0 bridgehead atoms. The Hall–Kier alpha value is -3.99. The molecule has 4 N–H and O–H groups in total. The second-order valence-electron chi connectivity index (χ2n) is 11.5. The molecule has 4 aromatic rings. The van der Waals surface area contributed by atoms with Crippen molar-refractivity contribution in [2.45, 2.75) is 12.1 Å². The summed E-state index contributed by atoms with van der Waals surface area (Å²) >= 11 is 0. The second-order valence-corrected chi connectivity index (χ2v) is 11.5. The maximum Gasteiger partial charge on any atom is 0.419 e. The monoisotopic (exact) mass is 497 g/mol. The van der Waals surface area contributed by atoms with Crippen LogP contribution in [0, 0.1) is 40.9 Å². The first kappa shape index (κ1) is 20.1. The molecule has 6 aliphatic rings. The molecule has 0 saturated heterocycles. The maximum absolute atomic E-state index is 13.3. The number of nitrogens with two attached hydrogens (primary N) is 1. The predicted octanol–water partition coefficient (Wildman–Crippen LogP) is 0.283. The summed E-state index contributed by atoms with van der Waals surface area (Å²) < 4.78 is 8.04. The van der Waals surface area contributed by atoms with Crippen LogP contribution in [-0.4, -0.2) is 43.1 Å². The minimum atomic E-state index is -0.441. The van der Waals surface area contributed by atoms with Crippen molar-refractivity contribution in [2.24, 2.45) is 53.7 Å². The fourth-order valence-corrected chi connectivity index (χ4v) is 9.26. The van der Waals surface area contributed by atoms with Crippen LogP contribution in [0.1, 0.15) is 26.5 Å². The van der Waals surface area contributed by atoms with Gasteiger partial charge in [-0.2, -0.15) is 5.10 Å². The van der Waals surface area contributed by atoms with Crippen LogP contribution in [0.15, 0.2) is 45.7 Å². The lowest BCUT2D eigenvalue weighted by atomic mass is 8.94. The lowest BCUT2D eigenvalue weighted by Crippen LogP contribution is -3.15. The van der Waals surface area contributed by atoms with Gasteiger partial charge in [-0.3, -0.25) is 14.2 Å². The van der Waals surface area contributed by atoms with Crippen molar-refractivity contribution >= 4 is 28.6 Å². The molecule has 11 nitrogen and oxygen atoms in total. The van der Waals surface area contributed by atoms with E-state index in [1.807, 2.05) is 0 Å². The van der Waals surface area contributed by atoms with Crippen LogP contribution in [0.4, 0.5) is 0 Å². The standard InChI is InChI=1S/C26H23N7O4/c1-32-12-6-10(2-3-14(12)37-24(32)36)8-28-22(34)11-7-13(33-15(31-11)4-5-30-33)23(35)29-9-25-16-19-17(25)21-18(25)20(16)26(19,21)27/h2-7,16-21H,8-9,27H2,1H3,(H,28,34)(H,29,35). The zero-order valence-corrected chi connectivity index (χ0v) is 19.8. The van der Waals surface area contributed by atoms with E-state index < -0.39 is 11.7 Å². The Labute approximate surface area is 209 Å². The van der Waals surface area contributed by atoms with Gasteiger partial charge in [0, 0.05) is 37.8 Å². The van der Waals surface area contributed by atoms with Crippen molar-refractivity contribution in [3.63, 3.8) is 0 Å². The summed E-state index contributed by atoms with van der Waals surface area (Å²) in [5, 5.41) is 10.2. The van der Waals surface area contributed by atoms with E-state index in [1.54, 1.807) is 37.5 Å². The molecular weight excluding hydrogens is 474 g/mol. The molecular formula is C26H23N7O4. The summed E-state index contributed by atoms with van der Waals surface area (Å²) in [6, 6.07) is 8.44. The third kappa shape index (κ3) is 1.94. The molecule has 3 heterocycles. The highest BCUT2D eigenvalue weighted by Gasteiger charge is 3.08. The van der Waals surface area contributed by atoms with E-state index in [-0.39, 0.29) is 34.8 Å². The van der Waals surface area contributed by atoms with Crippen molar-refractivity contribution in [3.8, 4) is 0 Å². The van der Waals surface area contributed by atoms with Gasteiger partial charge in [-0.05, 0) is 58.6 Å². The van der Waals surface area contributed by atoms with Crippen LogP contribution >= 0.6 is 0 Å². The zero-order valence-electron chi connectivity index (χ0n) is 19.8. The molecule has 0 radical (unpaired) electrons. The first-order valence-corrected chi connectivity index (χ1v) is 12.6. The molecule has 37 heavy (non-hydrogen) atoms. The topological polar surface area (TPSA) is 150 Å². The number of hydrogen-bond acceptors (Lipinski definition) is 7. The highest BCUT2D eigenvalue weighted by molar-refractivity contribution is 5.98. The molecule has 0 aliphatic heterocycles. The summed E-state index contributed by atoms with van der Waals surface area (Å²) in [6.07, 6.45) is 1.56. The van der Waals surface area contributed by atoms with Crippen molar-refractivity contribution < 1.29 is 14.0 Å². The molecule has 11 heteroatoms. The lowest BCUT2D eigenvalue weighted by Gasteiger charge is -3.11. The van der Waals surface area contributed by atoms with E-state index in [1.165, 1.54) is 15.1 Å². The second kappa shape index (κ2) is 5.94. The molecule has 1 aromatic carbocycles. The van der Waals surface area contributed by atoms with Crippen LogP contribution in [0.5, 0.6) is 0 Å². The van der Waals surface area contributed by atoms with Crippen LogP contribution in [0.3, 0.4) is 0 Å². The quantitative estimate of drug-likeness (QED) is 0.346. The Bertz CT molecular complexity index is 1740. The van der Waals surface area contributed by atoms with Gasteiger partial charge in [0.1, 0.15) is 11.4 Å². The van der Waals surface area contributed by atoms with Gasteiger partial charge in [0.25, 0.3) is 11.8 Å². The molecule has 6 saturated carbocycles. The number of rotatable bonds is 6. The van der Waals surface area contributed by atoms with Gasteiger partial charge in [0.15, 0.2) is 11.2 Å². The molecule has 0 spiro atoms. The van der Waals surface area contributed by atoms with Gasteiger partial charge in [0.05, 0.1) is 11.7 Å². The fraction of sp³-hybridized carbons (Fsp3) is 0.423. The SMILES string of the molecule is Cn1c(=O)oc2ccc(CNC(=O)c3cc(C(=O)NCC45C6C7C4C4C5C6C74N)n4nccc4n3)cc21. The number of oxazole rings is 1. The van der Waals surface area contributed by atoms with E-state index in [0.29, 0.717) is 58.8 Å². The van der Waals surface area contributed by atoms with E-state index in [4.69, 9.17) is 10.2 Å². The van der Waals surface area contributed by atoms with Gasteiger partial charge in [-0.25, -0.2) is 14.3 Å². The number of benzene rings is 1. The molecule has 10 rings (SSSR count). The Kier molecular flexibility index (Phi) is 3.23. The van der Waals surface area contributed by atoms with Gasteiger partial charge in [-0.15, -0.1) is 0 Å². The predicted molar refractivity (Wildman–Crippen MR) is 128 cm³/mol. The Morgan fingerprint density at radius 3 is 2.57 bits per heavy atom. The summed E-state index contributed by atoms with van der Waals surface area (Å²) in [7, 11) is 1.63. The highest BCUT2D eigenvalue weighted by atomic mass is 16.4. The lowest BCUT2D eigenvalue weighted by molar-refractivity contribution is -0.617. The Morgan fingerprint density at radius 1 is 1.05 bits per heavy atom. The number of carbonyl (C=O) groups is 2. The molecule has 6 fully saturated rings. The third-order valence-corrected chi connectivity index (χ3v) is 10.6. The van der Waals surface area contributed by atoms with Crippen molar-refractivity contribution in [3.05, 3.63) is 64.0 Å². The number of aromatic nitrogens is 4. The molecule has 6 aliphatic carbocycles. The fourth-order valence-electron chi connectivity index (χ4n) is 9.26. The van der Waals surface area contributed by atoms with E-state index in [2.05, 4.69) is 20.7 Å². The van der Waals surface area contributed by atoms with Crippen LogP contribution in [0.25, 0.3) is 16.7 Å². The summed E-state index contributed by atoms with van der Waals surface area (Å²) in [5.74, 6) is 3.07. The number of hydrogen-bond donors (Lipinski definition) is 3. The Morgan fingerprint density at radius 2 is 1.81 bits per heavy atom.